The number of likely N-dealkylation sites (N-methyl/N-ethyl adjacent to an activating group) is 1. The highest BCUT2D eigenvalue weighted by molar-refractivity contribution is 6.07. The number of hydrogen-bond donors (Lipinski definition) is 1. The minimum atomic E-state index is -0.355. The summed E-state index contributed by atoms with van der Waals surface area (Å²) in [5, 5.41) is 5.25. The van der Waals surface area contributed by atoms with E-state index in [9.17, 15) is 4.79 Å². The maximum absolute atomic E-state index is 11.9. The number of piperazine rings is 1. The molecule has 1 aliphatic heterocycles. The molecule has 1 fully saturated rings. The Labute approximate surface area is 155 Å². The molecule has 26 heavy (non-hydrogen) atoms. The molecule has 140 valence electrons. The summed E-state index contributed by atoms with van der Waals surface area (Å²) >= 11 is 0. The number of anilines is 1. The van der Waals surface area contributed by atoms with E-state index in [1.54, 1.807) is 6.20 Å². The van der Waals surface area contributed by atoms with Crippen molar-refractivity contribution in [1.82, 2.24) is 14.8 Å². The van der Waals surface area contributed by atoms with E-state index in [0.29, 0.717) is 5.56 Å². The normalized spacial score (nSPS) is 15.9. The Morgan fingerprint density at radius 3 is 2.54 bits per heavy atom. The zero-order valence-corrected chi connectivity index (χ0v) is 15.7. The van der Waals surface area contributed by atoms with Crippen molar-refractivity contribution in [3.63, 3.8) is 0 Å². The van der Waals surface area contributed by atoms with Crippen LogP contribution >= 0.6 is 0 Å². The fourth-order valence-corrected chi connectivity index (χ4v) is 3.44. The van der Waals surface area contributed by atoms with Crippen molar-refractivity contribution < 1.29 is 9.53 Å². The Balaban J connectivity index is 1.57. The maximum Gasteiger partial charge on any atom is 0.340 e. The van der Waals surface area contributed by atoms with Crippen molar-refractivity contribution in [2.45, 2.75) is 13.3 Å². The molecule has 1 aromatic carbocycles. The van der Waals surface area contributed by atoms with Crippen LogP contribution in [0.2, 0.25) is 0 Å². The average molecular weight is 356 g/mol. The minimum Gasteiger partial charge on any atom is -0.465 e. The van der Waals surface area contributed by atoms with Gasteiger partial charge in [-0.05, 0) is 19.5 Å². The van der Waals surface area contributed by atoms with Gasteiger partial charge in [-0.25, -0.2) is 9.78 Å². The summed E-state index contributed by atoms with van der Waals surface area (Å²) in [5.41, 5.74) is 0.502. The first-order valence-electron chi connectivity index (χ1n) is 9.37. The van der Waals surface area contributed by atoms with Crippen LogP contribution in [-0.2, 0) is 4.74 Å². The lowest BCUT2D eigenvalue weighted by atomic mass is 10.1. The fraction of sp³-hybridized carbons (Fsp3) is 0.500. The van der Waals surface area contributed by atoms with Gasteiger partial charge < -0.3 is 19.9 Å². The highest BCUT2D eigenvalue weighted by Crippen LogP contribution is 2.24. The van der Waals surface area contributed by atoms with Gasteiger partial charge in [-0.3, -0.25) is 0 Å². The average Bonchev–Trinajstić information content (AvgIpc) is 2.71. The number of pyridine rings is 1. The van der Waals surface area contributed by atoms with Crippen molar-refractivity contribution >= 4 is 22.6 Å². The van der Waals surface area contributed by atoms with Crippen LogP contribution in [0.15, 0.2) is 30.5 Å². The molecule has 3 rings (SSSR count). The monoisotopic (exact) mass is 356 g/mol. The van der Waals surface area contributed by atoms with Gasteiger partial charge in [0.2, 0.25) is 0 Å². The Hall–Kier alpha value is -2.18. The largest absolute Gasteiger partial charge is 0.465 e. The molecular formula is C20H28N4O2. The van der Waals surface area contributed by atoms with E-state index < -0.39 is 0 Å². The first-order chi connectivity index (χ1) is 12.7. The summed E-state index contributed by atoms with van der Waals surface area (Å²) < 4.78 is 4.86. The van der Waals surface area contributed by atoms with E-state index in [1.165, 1.54) is 20.2 Å². The lowest BCUT2D eigenvalue weighted by Crippen LogP contribution is -2.46. The lowest BCUT2D eigenvalue weighted by molar-refractivity contribution is 0.0602. The molecule has 6 nitrogen and oxygen atoms in total. The summed E-state index contributed by atoms with van der Waals surface area (Å²) in [6, 6.07) is 7.81. The Morgan fingerprint density at radius 1 is 1.15 bits per heavy atom. The number of fused-ring (bicyclic) bond motifs is 1. The fourth-order valence-electron chi connectivity index (χ4n) is 3.44. The van der Waals surface area contributed by atoms with Gasteiger partial charge in [0.25, 0.3) is 0 Å². The second-order valence-electron chi connectivity index (χ2n) is 6.61. The topological polar surface area (TPSA) is 57.7 Å². The van der Waals surface area contributed by atoms with E-state index in [4.69, 9.17) is 4.74 Å². The number of esters is 1. The van der Waals surface area contributed by atoms with Crippen LogP contribution in [0.1, 0.15) is 23.7 Å². The summed E-state index contributed by atoms with van der Waals surface area (Å²) in [4.78, 5) is 21.4. The van der Waals surface area contributed by atoms with Crippen LogP contribution in [0, 0.1) is 0 Å². The third-order valence-electron chi connectivity index (χ3n) is 5.06. The molecule has 2 aromatic rings. The first-order valence-corrected chi connectivity index (χ1v) is 9.37. The van der Waals surface area contributed by atoms with Crippen LogP contribution in [0.3, 0.4) is 0 Å². The van der Waals surface area contributed by atoms with E-state index in [0.717, 1.165) is 55.7 Å². The Morgan fingerprint density at radius 2 is 1.85 bits per heavy atom. The number of ether oxygens (including phenoxy) is 1. The summed E-state index contributed by atoms with van der Waals surface area (Å²) in [7, 11) is 1.39. The molecule has 0 bridgehead atoms. The van der Waals surface area contributed by atoms with Gasteiger partial charge in [0.1, 0.15) is 5.82 Å². The van der Waals surface area contributed by atoms with E-state index >= 15 is 0 Å². The molecule has 0 saturated carbocycles. The highest BCUT2D eigenvalue weighted by atomic mass is 16.5. The molecule has 0 radical (unpaired) electrons. The third kappa shape index (κ3) is 4.31. The van der Waals surface area contributed by atoms with E-state index in [1.807, 2.05) is 24.3 Å². The Kier molecular flexibility index (Phi) is 6.41. The molecule has 2 heterocycles. The molecular weight excluding hydrogens is 328 g/mol. The van der Waals surface area contributed by atoms with Gasteiger partial charge in [0, 0.05) is 49.7 Å². The van der Waals surface area contributed by atoms with Crippen molar-refractivity contribution in [2.24, 2.45) is 0 Å². The van der Waals surface area contributed by atoms with Crippen LogP contribution in [0.5, 0.6) is 0 Å². The van der Waals surface area contributed by atoms with Crippen LogP contribution in [0.25, 0.3) is 10.8 Å². The standard InChI is InChI=1S/C20H28N4O2/c1-3-23-11-13-24(14-12-23)10-6-9-21-19-17-8-5-4-7-16(17)18(15-22-19)20(25)26-2/h4-5,7-8,15H,3,6,9-14H2,1-2H3,(H,21,22). The second kappa shape index (κ2) is 8.96. The lowest BCUT2D eigenvalue weighted by Gasteiger charge is -2.34. The van der Waals surface area contributed by atoms with Crippen LogP contribution in [-0.4, -0.2) is 73.7 Å². The maximum atomic E-state index is 11.9. The molecule has 1 aromatic heterocycles. The number of methoxy groups -OCH3 is 1. The third-order valence-corrected chi connectivity index (χ3v) is 5.06. The van der Waals surface area contributed by atoms with Crippen molar-refractivity contribution in [3.05, 3.63) is 36.0 Å². The van der Waals surface area contributed by atoms with Gasteiger partial charge in [-0.15, -0.1) is 0 Å². The number of nitrogens with one attached hydrogen (secondary N) is 1. The van der Waals surface area contributed by atoms with Gasteiger partial charge in [-0.1, -0.05) is 31.2 Å². The van der Waals surface area contributed by atoms with Gasteiger partial charge in [-0.2, -0.15) is 0 Å². The smallest absolute Gasteiger partial charge is 0.340 e. The molecule has 6 heteroatoms. The number of benzene rings is 1. The van der Waals surface area contributed by atoms with Crippen molar-refractivity contribution in [3.8, 4) is 0 Å². The number of aromatic nitrogens is 1. The van der Waals surface area contributed by atoms with E-state index in [2.05, 4.69) is 27.0 Å². The molecule has 1 aliphatic rings. The molecule has 0 amide bonds. The predicted molar refractivity (Wildman–Crippen MR) is 105 cm³/mol. The number of nitrogens with zero attached hydrogens (tertiary/aromatic N) is 3. The molecule has 0 atom stereocenters. The summed E-state index contributed by atoms with van der Waals surface area (Å²) in [5.74, 6) is 0.468. The zero-order chi connectivity index (χ0) is 18.4. The quantitative estimate of drug-likeness (QED) is 0.607. The molecule has 0 aliphatic carbocycles. The number of hydrogen-bond acceptors (Lipinski definition) is 6. The number of carbonyl (C=O) groups is 1. The summed E-state index contributed by atoms with van der Waals surface area (Å²) in [6.07, 6.45) is 2.67. The minimum absolute atomic E-state index is 0.355. The first kappa shape index (κ1) is 18.6. The molecule has 1 N–H and O–H groups in total. The van der Waals surface area contributed by atoms with Crippen molar-refractivity contribution in [2.75, 3.05) is 58.2 Å². The highest BCUT2D eigenvalue weighted by Gasteiger charge is 2.15. The Bertz CT molecular complexity index is 742. The van der Waals surface area contributed by atoms with Crippen LogP contribution < -0.4 is 5.32 Å². The second-order valence-corrected chi connectivity index (χ2v) is 6.61. The van der Waals surface area contributed by atoms with Crippen LogP contribution in [0.4, 0.5) is 5.82 Å². The van der Waals surface area contributed by atoms with Gasteiger partial charge >= 0.3 is 5.97 Å². The van der Waals surface area contributed by atoms with E-state index in [-0.39, 0.29) is 5.97 Å². The van der Waals surface area contributed by atoms with Gasteiger partial charge in [0.05, 0.1) is 12.7 Å². The zero-order valence-electron chi connectivity index (χ0n) is 15.7. The van der Waals surface area contributed by atoms with Gasteiger partial charge in [0.15, 0.2) is 0 Å². The predicted octanol–water partition coefficient (Wildman–Crippen LogP) is 2.46. The number of rotatable bonds is 7. The SMILES string of the molecule is CCN1CCN(CCCNc2ncc(C(=O)OC)c3ccccc23)CC1. The summed E-state index contributed by atoms with van der Waals surface area (Å²) in [6.45, 7) is 9.99. The molecule has 0 unspecified atom stereocenters. The molecule has 0 spiro atoms. The molecule has 1 saturated heterocycles. The number of carbonyl (C=O) groups excluding carboxylic acids is 1. The van der Waals surface area contributed by atoms with Crippen molar-refractivity contribution in [1.29, 1.82) is 0 Å².